The van der Waals surface area contributed by atoms with Crippen LogP contribution in [-0.2, 0) is 6.54 Å². The molecule has 0 aliphatic heterocycles. The fourth-order valence-electron chi connectivity index (χ4n) is 2.14. The van der Waals surface area contributed by atoms with Crippen molar-refractivity contribution < 1.29 is 4.92 Å². The van der Waals surface area contributed by atoms with Crippen LogP contribution in [0.5, 0.6) is 0 Å². The SMILES string of the molecule is CCCn1c(Sc2ncc([N+](=O)[O-])cn2)nc2cc(Cl)ccc21. The number of halogens is 1. The quantitative estimate of drug-likeness (QED) is 0.394. The molecule has 2 aromatic heterocycles. The Balaban J connectivity index is 1.98. The highest BCUT2D eigenvalue weighted by atomic mass is 35.5. The molecule has 2 heterocycles. The first kappa shape index (κ1) is 15.7. The van der Waals surface area contributed by atoms with Crippen LogP contribution in [0, 0.1) is 10.1 Å². The van der Waals surface area contributed by atoms with Crippen molar-refractivity contribution in [2.75, 3.05) is 0 Å². The zero-order chi connectivity index (χ0) is 16.4. The summed E-state index contributed by atoms with van der Waals surface area (Å²) in [5.74, 6) is 0. The minimum atomic E-state index is -0.525. The molecule has 0 amide bonds. The van der Waals surface area contributed by atoms with E-state index in [0.717, 1.165) is 29.2 Å². The van der Waals surface area contributed by atoms with Crippen molar-refractivity contribution in [2.24, 2.45) is 0 Å². The number of benzene rings is 1. The summed E-state index contributed by atoms with van der Waals surface area (Å²) in [6.07, 6.45) is 3.33. The Kier molecular flexibility index (Phi) is 4.44. The van der Waals surface area contributed by atoms with Gasteiger partial charge in [0.2, 0.25) is 0 Å². The Morgan fingerprint density at radius 2 is 2.09 bits per heavy atom. The van der Waals surface area contributed by atoms with Crippen LogP contribution in [0.2, 0.25) is 5.02 Å². The van der Waals surface area contributed by atoms with E-state index in [1.165, 1.54) is 24.2 Å². The van der Waals surface area contributed by atoms with Crippen molar-refractivity contribution in [3.8, 4) is 0 Å². The molecule has 0 unspecified atom stereocenters. The van der Waals surface area contributed by atoms with Gasteiger partial charge in [-0.3, -0.25) is 10.1 Å². The van der Waals surface area contributed by atoms with E-state index in [0.29, 0.717) is 10.2 Å². The zero-order valence-corrected chi connectivity index (χ0v) is 13.7. The van der Waals surface area contributed by atoms with E-state index in [2.05, 4.69) is 26.4 Å². The van der Waals surface area contributed by atoms with Crippen LogP contribution >= 0.6 is 23.4 Å². The molecule has 3 rings (SSSR count). The van der Waals surface area contributed by atoms with Gasteiger partial charge in [0.25, 0.3) is 0 Å². The number of nitrogens with zero attached hydrogens (tertiary/aromatic N) is 5. The Morgan fingerprint density at radius 1 is 1.35 bits per heavy atom. The van der Waals surface area contributed by atoms with E-state index in [1.54, 1.807) is 0 Å². The van der Waals surface area contributed by atoms with Crippen molar-refractivity contribution in [1.82, 2.24) is 19.5 Å². The number of fused-ring (bicyclic) bond motifs is 1. The molecule has 0 N–H and O–H groups in total. The molecular formula is C14H12ClN5O2S. The lowest BCUT2D eigenvalue weighted by Crippen LogP contribution is -1.99. The third kappa shape index (κ3) is 3.27. The van der Waals surface area contributed by atoms with Gasteiger partial charge < -0.3 is 4.57 Å². The highest BCUT2D eigenvalue weighted by Crippen LogP contribution is 2.29. The van der Waals surface area contributed by atoms with Gasteiger partial charge in [0.05, 0.1) is 16.0 Å². The molecule has 0 saturated heterocycles. The summed E-state index contributed by atoms with van der Waals surface area (Å²) in [6.45, 7) is 2.88. The Morgan fingerprint density at radius 3 is 2.74 bits per heavy atom. The third-order valence-corrected chi connectivity index (χ3v) is 4.25. The molecular weight excluding hydrogens is 338 g/mol. The molecule has 9 heteroatoms. The van der Waals surface area contributed by atoms with E-state index < -0.39 is 4.92 Å². The van der Waals surface area contributed by atoms with Crippen molar-refractivity contribution in [3.63, 3.8) is 0 Å². The molecule has 3 aromatic rings. The highest BCUT2D eigenvalue weighted by molar-refractivity contribution is 7.99. The fraction of sp³-hybridized carbons (Fsp3) is 0.214. The molecule has 23 heavy (non-hydrogen) atoms. The molecule has 0 aliphatic carbocycles. The van der Waals surface area contributed by atoms with Gasteiger partial charge in [-0.05, 0) is 36.4 Å². The average Bonchev–Trinajstić information content (AvgIpc) is 2.85. The van der Waals surface area contributed by atoms with Crippen LogP contribution in [0.25, 0.3) is 11.0 Å². The lowest BCUT2D eigenvalue weighted by Gasteiger charge is -2.06. The van der Waals surface area contributed by atoms with E-state index >= 15 is 0 Å². The summed E-state index contributed by atoms with van der Waals surface area (Å²) in [5, 5.41) is 12.4. The smallest absolute Gasteiger partial charge is 0.305 e. The molecule has 7 nitrogen and oxygen atoms in total. The molecule has 118 valence electrons. The number of imidazole rings is 1. The molecule has 0 bridgehead atoms. The summed E-state index contributed by atoms with van der Waals surface area (Å²) in [4.78, 5) is 22.7. The number of hydrogen-bond donors (Lipinski definition) is 0. The van der Waals surface area contributed by atoms with Crippen molar-refractivity contribution in [1.29, 1.82) is 0 Å². The monoisotopic (exact) mass is 349 g/mol. The molecule has 0 aliphatic rings. The van der Waals surface area contributed by atoms with Crippen LogP contribution in [0.3, 0.4) is 0 Å². The number of aromatic nitrogens is 4. The van der Waals surface area contributed by atoms with Gasteiger partial charge in [-0.1, -0.05) is 18.5 Å². The van der Waals surface area contributed by atoms with E-state index in [4.69, 9.17) is 11.6 Å². The topological polar surface area (TPSA) is 86.7 Å². The van der Waals surface area contributed by atoms with Gasteiger partial charge in [-0.2, -0.15) is 0 Å². The average molecular weight is 350 g/mol. The minimum absolute atomic E-state index is 0.136. The predicted molar refractivity (Wildman–Crippen MR) is 87.8 cm³/mol. The summed E-state index contributed by atoms with van der Waals surface area (Å²) in [5.41, 5.74) is 1.65. The predicted octanol–water partition coefficient (Wildman–Crippen LogP) is 3.95. The molecule has 0 fully saturated rings. The van der Waals surface area contributed by atoms with Gasteiger partial charge in [0, 0.05) is 11.6 Å². The second-order valence-electron chi connectivity index (χ2n) is 4.76. The largest absolute Gasteiger partial charge is 0.319 e. The standard InChI is InChI=1S/C14H12ClN5O2S/c1-2-5-19-12-4-3-9(15)6-11(12)18-14(19)23-13-16-7-10(8-17-13)20(21)22/h3-4,6-8H,2,5H2,1H3. The molecule has 0 saturated carbocycles. The van der Waals surface area contributed by atoms with Crippen molar-refractivity contribution in [2.45, 2.75) is 30.2 Å². The van der Waals surface area contributed by atoms with Crippen LogP contribution in [-0.4, -0.2) is 24.4 Å². The fourth-order valence-corrected chi connectivity index (χ4v) is 3.12. The molecule has 0 atom stereocenters. The second kappa shape index (κ2) is 6.51. The molecule has 1 aromatic carbocycles. The van der Waals surface area contributed by atoms with Crippen LogP contribution in [0.4, 0.5) is 5.69 Å². The van der Waals surface area contributed by atoms with Crippen LogP contribution in [0.1, 0.15) is 13.3 Å². The summed E-state index contributed by atoms with van der Waals surface area (Å²) in [7, 11) is 0. The lowest BCUT2D eigenvalue weighted by atomic mass is 10.3. The zero-order valence-electron chi connectivity index (χ0n) is 12.1. The van der Waals surface area contributed by atoms with Gasteiger partial charge >= 0.3 is 5.69 Å². The maximum Gasteiger partial charge on any atom is 0.305 e. The van der Waals surface area contributed by atoms with E-state index in [9.17, 15) is 10.1 Å². The summed E-state index contributed by atoms with van der Waals surface area (Å²) < 4.78 is 2.07. The number of hydrogen-bond acceptors (Lipinski definition) is 6. The molecule has 0 radical (unpaired) electrons. The van der Waals surface area contributed by atoms with Crippen molar-refractivity contribution in [3.05, 3.63) is 45.7 Å². The van der Waals surface area contributed by atoms with Crippen LogP contribution in [0.15, 0.2) is 40.9 Å². The van der Waals surface area contributed by atoms with Crippen molar-refractivity contribution >= 4 is 40.1 Å². The Hall–Kier alpha value is -2.19. The summed E-state index contributed by atoms with van der Waals surface area (Å²) in [6, 6.07) is 5.57. The highest BCUT2D eigenvalue weighted by Gasteiger charge is 2.14. The normalized spacial score (nSPS) is 11.0. The Labute approximate surface area is 140 Å². The Bertz CT molecular complexity index is 865. The number of aryl methyl sites for hydroxylation is 1. The van der Waals surface area contributed by atoms with Gasteiger partial charge in [-0.25, -0.2) is 15.0 Å². The van der Waals surface area contributed by atoms with E-state index in [-0.39, 0.29) is 5.69 Å². The third-order valence-electron chi connectivity index (χ3n) is 3.13. The maximum absolute atomic E-state index is 10.6. The first-order valence-electron chi connectivity index (χ1n) is 6.88. The number of nitro groups is 1. The first-order valence-corrected chi connectivity index (χ1v) is 8.08. The summed E-state index contributed by atoms with van der Waals surface area (Å²) >= 11 is 7.29. The first-order chi connectivity index (χ1) is 11.1. The van der Waals surface area contributed by atoms with E-state index in [1.807, 2.05) is 18.2 Å². The maximum atomic E-state index is 10.6. The minimum Gasteiger partial charge on any atom is -0.319 e. The van der Waals surface area contributed by atoms with Gasteiger partial charge in [0.1, 0.15) is 12.4 Å². The van der Waals surface area contributed by atoms with Gasteiger partial charge in [0.15, 0.2) is 10.3 Å². The number of rotatable bonds is 5. The molecule has 0 spiro atoms. The van der Waals surface area contributed by atoms with Gasteiger partial charge in [-0.15, -0.1) is 0 Å². The lowest BCUT2D eigenvalue weighted by molar-refractivity contribution is -0.385. The second-order valence-corrected chi connectivity index (χ2v) is 6.13. The van der Waals surface area contributed by atoms with Crippen LogP contribution < -0.4 is 0 Å².